The summed E-state index contributed by atoms with van der Waals surface area (Å²) in [7, 11) is 0. The Labute approximate surface area is 187 Å². The van der Waals surface area contributed by atoms with Crippen LogP contribution in [0.4, 0.5) is 0 Å². The average Bonchev–Trinajstić information content (AvgIpc) is 3.34. The maximum atomic E-state index is 12.5. The largest absolute Gasteiger partial charge is 0.351 e. The Kier molecular flexibility index (Phi) is 5.94. The van der Waals surface area contributed by atoms with Crippen LogP contribution in [0.5, 0.6) is 0 Å². The quantitative estimate of drug-likeness (QED) is 0.490. The number of carbonyl (C=O) groups excluding carboxylic acids is 1. The van der Waals surface area contributed by atoms with Crippen molar-refractivity contribution in [3.05, 3.63) is 95.6 Å². The van der Waals surface area contributed by atoms with Crippen LogP contribution in [0.25, 0.3) is 10.8 Å². The Morgan fingerprint density at radius 2 is 1.94 bits per heavy atom. The minimum Gasteiger partial charge on any atom is -0.351 e. The first kappa shape index (κ1) is 20.4. The van der Waals surface area contributed by atoms with Crippen molar-refractivity contribution in [1.29, 1.82) is 0 Å². The number of rotatable bonds is 6. The number of likely N-dealkylation sites (tertiary alicyclic amines) is 1. The molecule has 0 spiro atoms. The Morgan fingerprint density at radius 3 is 2.84 bits per heavy atom. The van der Waals surface area contributed by atoms with Crippen molar-refractivity contribution < 1.29 is 9.32 Å². The van der Waals surface area contributed by atoms with Crippen LogP contribution in [-0.4, -0.2) is 34.0 Å². The van der Waals surface area contributed by atoms with Crippen molar-refractivity contribution >= 4 is 16.7 Å². The molecule has 5 rings (SSSR count). The fourth-order valence-corrected chi connectivity index (χ4v) is 4.47. The molecule has 1 fully saturated rings. The molecule has 1 atom stereocenters. The molecule has 0 bridgehead atoms. The SMILES string of the molecule is O=C(NCc1ccncc1)c1cc([C@@H]2CCCN(Cc3cccc4ccccc34)C2)no1. The van der Waals surface area contributed by atoms with E-state index in [2.05, 4.69) is 62.8 Å². The molecule has 32 heavy (non-hydrogen) atoms. The van der Waals surface area contributed by atoms with Gasteiger partial charge in [-0.2, -0.15) is 0 Å². The number of benzene rings is 2. The van der Waals surface area contributed by atoms with Gasteiger partial charge < -0.3 is 9.84 Å². The zero-order valence-electron chi connectivity index (χ0n) is 17.9. The number of fused-ring (bicyclic) bond motifs is 1. The molecule has 1 aliphatic rings. The van der Waals surface area contributed by atoms with Gasteiger partial charge in [-0.25, -0.2) is 0 Å². The molecule has 1 aliphatic heterocycles. The first-order chi connectivity index (χ1) is 15.8. The molecule has 1 saturated heterocycles. The molecule has 6 nitrogen and oxygen atoms in total. The monoisotopic (exact) mass is 426 g/mol. The van der Waals surface area contributed by atoms with Gasteiger partial charge in [-0.3, -0.25) is 14.7 Å². The van der Waals surface area contributed by atoms with E-state index >= 15 is 0 Å². The second-order valence-electron chi connectivity index (χ2n) is 8.37. The summed E-state index contributed by atoms with van der Waals surface area (Å²) in [5, 5.41) is 9.70. The van der Waals surface area contributed by atoms with Crippen LogP contribution in [0.15, 0.2) is 77.6 Å². The average molecular weight is 427 g/mol. The molecule has 4 aromatic rings. The highest BCUT2D eigenvalue weighted by Crippen LogP contribution is 2.29. The lowest BCUT2D eigenvalue weighted by Gasteiger charge is -2.32. The topological polar surface area (TPSA) is 71.3 Å². The van der Waals surface area contributed by atoms with E-state index in [0.717, 1.165) is 43.7 Å². The zero-order chi connectivity index (χ0) is 21.8. The van der Waals surface area contributed by atoms with Crippen molar-refractivity contribution in [2.75, 3.05) is 13.1 Å². The maximum Gasteiger partial charge on any atom is 0.290 e. The predicted octanol–water partition coefficient (Wildman–Crippen LogP) is 4.53. The third kappa shape index (κ3) is 4.55. The van der Waals surface area contributed by atoms with Crippen LogP contribution in [0.3, 0.4) is 0 Å². The fraction of sp³-hybridized carbons (Fsp3) is 0.269. The van der Waals surface area contributed by atoms with Gasteiger partial charge in [-0.1, -0.05) is 47.6 Å². The van der Waals surface area contributed by atoms with Crippen molar-refractivity contribution in [3.63, 3.8) is 0 Å². The summed E-state index contributed by atoms with van der Waals surface area (Å²) in [5.74, 6) is 0.286. The van der Waals surface area contributed by atoms with Crippen LogP contribution in [0.1, 0.15) is 46.1 Å². The first-order valence-electron chi connectivity index (χ1n) is 11.1. The molecule has 0 unspecified atom stereocenters. The molecule has 0 radical (unpaired) electrons. The summed E-state index contributed by atoms with van der Waals surface area (Å²) in [4.78, 5) is 18.9. The second kappa shape index (κ2) is 9.32. The van der Waals surface area contributed by atoms with E-state index in [9.17, 15) is 4.79 Å². The van der Waals surface area contributed by atoms with Gasteiger partial charge in [0.1, 0.15) is 0 Å². The summed E-state index contributed by atoms with van der Waals surface area (Å²) in [6.45, 7) is 3.32. The van der Waals surface area contributed by atoms with Crippen molar-refractivity contribution in [1.82, 2.24) is 20.4 Å². The lowest BCUT2D eigenvalue weighted by molar-refractivity contribution is 0.0913. The lowest BCUT2D eigenvalue weighted by atomic mass is 9.94. The van der Waals surface area contributed by atoms with Crippen LogP contribution in [0.2, 0.25) is 0 Å². The summed E-state index contributed by atoms with van der Waals surface area (Å²) >= 11 is 0. The highest BCUT2D eigenvalue weighted by molar-refractivity contribution is 5.91. The molecular weight excluding hydrogens is 400 g/mol. The van der Waals surface area contributed by atoms with Crippen molar-refractivity contribution in [2.24, 2.45) is 0 Å². The first-order valence-corrected chi connectivity index (χ1v) is 11.1. The number of aromatic nitrogens is 2. The Balaban J connectivity index is 1.23. The molecule has 3 heterocycles. The van der Waals surface area contributed by atoms with E-state index in [1.165, 1.54) is 16.3 Å². The molecule has 6 heteroatoms. The molecule has 162 valence electrons. The highest BCUT2D eigenvalue weighted by Gasteiger charge is 2.25. The molecule has 0 saturated carbocycles. The summed E-state index contributed by atoms with van der Waals surface area (Å²) in [6.07, 6.45) is 5.57. The summed E-state index contributed by atoms with van der Waals surface area (Å²) in [5.41, 5.74) is 3.20. The molecule has 0 aliphatic carbocycles. The van der Waals surface area contributed by atoms with Crippen LogP contribution in [-0.2, 0) is 13.1 Å². The lowest BCUT2D eigenvalue weighted by Crippen LogP contribution is -2.34. The molecule has 2 aromatic heterocycles. The smallest absolute Gasteiger partial charge is 0.290 e. The van der Waals surface area contributed by atoms with Gasteiger partial charge in [0.25, 0.3) is 5.91 Å². The normalized spacial score (nSPS) is 16.8. The number of hydrogen-bond donors (Lipinski definition) is 1. The Bertz CT molecular complexity index is 1200. The molecule has 2 aromatic carbocycles. The van der Waals surface area contributed by atoms with E-state index in [1.54, 1.807) is 18.5 Å². The number of amides is 1. The fourth-order valence-electron chi connectivity index (χ4n) is 4.47. The van der Waals surface area contributed by atoms with Crippen LogP contribution in [0, 0.1) is 0 Å². The second-order valence-corrected chi connectivity index (χ2v) is 8.37. The third-order valence-corrected chi connectivity index (χ3v) is 6.15. The number of pyridine rings is 1. The van der Waals surface area contributed by atoms with E-state index in [0.29, 0.717) is 6.54 Å². The predicted molar refractivity (Wildman–Crippen MR) is 123 cm³/mol. The number of piperidine rings is 1. The van der Waals surface area contributed by atoms with Crippen LogP contribution >= 0.6 is 0 Å². The molecule has 1 amide bonds. The minimum absolute atomic E-state index is 0.246. The van der Waals surface area contributed by atoms with Gasteiger partial charge in [-0.05, 0) is 53.4 Å². The van der Waals surface area contributed by atoms with Crippen molar-refractivity contribution in [2.45, 2.75) is 31.8 Å². The number of hydrogen-bond acceptors (Lipinski definition) is 5. The van der Waals surface area contributed by atoms with Gasteiger partial charge in [0.2, 0.25) is 5.76 Å². The van der Waals surface area contributed by atoms with Gasteiger partial charge in [0.15, 0.2) is 0 Å². The van der Waals surface area contributed by atoms with Crippen LogP contribution < -0.4 is 5.32 Å². The van der Waals surface area contributed by atoms with E-state index in [1.807, 2.05) is 12.1 Å². The summed E-state index contributed by atoms with van der Waals surface area (Å²) < 4.78 is 5.39. The van der Waals surface area contributed by atoms with Gasteiger partial charge in [0, 0.05) is 44.0 Å². The summed E-state index contributed by atoms with van der Waals surface area (Å²) in [6, 6.07) is 20.6. The standard InChI is InChI=1S/C26H26N4O2/c31-26(28-16-19-10-12-27-13-11-19)25-15-24(29-32-25)22-8-4-14-30(18-22)17-21-7-3-6-20-5-1-2-9-23(20)21/h1-3,5-7,9-13,15,22H,4,8,14,16-18H2,(H,28,31)/t22-/m1/s1. The number of nitrogens with zero attached hydrogens (tertiary/aromatic N) is 3. The van der Waals surface area contributed by atoms with Gasteiger partial charge >= 0.3 is 0 Å². The Morgan fingerprint density at radius 1 is 1.09 bits per heavy atom. The number of nitrogens with one attached hydrogen (secondary N) is 1. The van der Waals surface area contributed by atoms with Crippen molar-refractivity contribution in [3.8, 4) is 0 Å². The van der Waals surface area contributed by atoms with E-state index in [4.69, 9.17) is 4.52 Å². The maximum absolute atomic E-state index is 12.5. The number of carbonyl (C=O) groups is 1. The highest BCUT2D eigenvalue weighted by atomic mass is 16.5. The third-order valence-electron chi connectivity index (χ3n) is 6.15. The van der Waals surface area contributed by atoms with Gasteiger partial charge in [0.05, 0.1) is 5.69 Å². The molecular formula is C26H26N4O2. The zero-order valence-corrected chi connectivity index (χ0v) is 17.9. The Hall–Kier alpha value is -3.51. The van der Waals surface area contributed by atoms with E-state index in [-0.39, 0.29) is 17.6 Å². The van der Waals surface area contributed by atoms with E-state index < -0.39 is 0 Å². The minimum atomic E-state index is -0.246. The molecule has 1 N–H and O–H groups in total. The van der Waals surface area contributed by atoms with Gasteiger partial charge in [-0.15, -0.1) is 0 Å².